The molecule has 0 bridgehead atoms. The number of aromatic nitrogens is 3. The molecule has 0 saturated carbocycles. The van der Waals surface area contributed by atoms with E-state index >= 15 is 0 Å². The van der Waals surface area contributed by atoms with Crippen LogP contribution < -0.4 is 9.64 Å². The van der Waals surface area contributed by atoms with Crippen LogP contribution in [0, 0.1) is 11.3 Å². The summed E-state index contributed by atoms with van der Waals surface area (Å²) in [4.78, 5) is 2.07. The summed E-state index contributed by atoms with van der Waals surface area (Å²) in [6.07, 6.45) is 1.64. The Bertz CT molecular complexity index is 1090. The molecule has 1 aliphatic heterocycles. The fourth-order valence-corrected chi connectivity index (χ4v) is 3.29. The molecule has 0 aliphatic carbocycles. The Balaban J connectivity index is 1.74. The first-order valence-electron chi connectivity index (χ1n) is 9.66. The molecule has 0 atom stereocenters. The van der Waals surface area contributed by atoms with Gasteiger partial charge in [0.15, 0.2) is 5.82 Å². The highest BCUT2D eigenvalue weighted by molar-refractivity contribution is 5.88. The highest BCUT2D eigenvalue weighted by Gasteiger charge is 2.23. The molecule has 1 aromatic heterocycles. The highest BCUT2D eigenvalue weighted by atomic mass is 19.3. The molecule has 0 amide bonds. The van der Waals surface area contributed by atoms with Crippen LogP contribution in [0.5, 0.6) is 5.75 Å². The standard InChI is InChI=1S/C22H19F2N5O2/c23-21(24)31-19-8-6-16(7-9-19)14-17(15-25)20-26-27-22(28-10-12-30-13-11-28)29(20)18-4-2-1-3-5-18/h1-9,14,21H,10-13H2/b17-14+. The summed E-state index contributed by atoms with van der Waals surface area (Å²) in [5.74, 6) is 1.07. The Hall–Kier alpha value is -3.77. The summed E-state index contributed by atoms with van der Waals surface area (Å²) in [7, 11) is 0. The molecule has 0 radical (unpaired) electrons. The van der Waals surface area contributed by atoms with Crippen LogP contribution in [0.1, 0.15) is 11.4 Å². The van der Waals surface area contributed by atoms with E-state index < -0.39 is 6.61 Å². The van der Waals surface area contributed by atoms with Gasteiger partial charge in [-0.05, 0) is 35.9 Å². The first-order chi connectivity index (χ1) is 15.2. The maximum Gasteiger partial charge on any atom is 0.387 e. The molecule has 4 rings (SSSR count). The third-order valence-corrected chi connectivity index (χ3v) is 4.73. The van der Waals surface area contributed by atoms with Gasteiger partial charge in [-0.3, -0.25) is 4.57 Å². The molecule has 2 heterocycles. The average molecular weight is 423 g/mol. The fraction of sp³-hybridized carbons (Fsp3) is 0.227. The lowest BCUT2D eigenvalue weighted by molar-refractivity contribution is -0.0498. The van der Waals surface area contributed by atoms with Crippen LogP contribution in [0.3, 0.4) is 0 Å². The number of benzene rings is 2. The molecule has 9 heteroatoms. The van der Waals surface area contributed by atoms with Crippen LogP contribution in [0.15, 0.2) is 54.6 Å². The smallest absolute Gasteiger partial charge is 0.387 e. The van der Waals surface area contributed by atoms with E-state index in [1.165, 1.54) is 12.1 Å². The molecule has 0 unspecified atom stereocenters. The maximum absolute atomic E-state index is 12.4. The first-order valence-corrected chi connectivity index (χ1v) is 9.66. The number of ether oxygens (including phenoxy) is 2. The number of hydrogen-bond acceptors (Lipinski definition) is 6. The van der Waals surface area contributed by atoms with Crippen LogP contribution >= 0.6 is 0 Å². The molecule has 3 aromatic rings. The van der Waals surface area contributed by atoms with Gasteiger partial charge in [-0.2, -0.15) is 14.0 Å². The fourth-order valence-electron chi connectivity index (χ4n) is 3.29. The summed E-state index contributed by atoms with van der Waals surface area (Å²) >= 11 is 0. The molecule has 2 aromatic carbocycles. The molecule has 1 saturated heterocycles. The largest absolute Gasteiger partial charge is 0.435 e. The summed E-state index contributed by atoms with van der Waals surface area (Å²) < 4.78 is 36.4. The van der Waals surface area contributed by atoms with Crippen molar-refractivity contribution in [2.24, 2.45) is 0 Å². The second kappa shape index (κ2) is 9.36. The second-order valence-corrected chi connectivity index (χ2v) is 6.71. The van der Waals surface area contributed by atoms with Crippen LogP contribution in [0.2, 0.25) is 0 Å². The monoisotopic (exact) mass is 423 g/mol. The van der Waals surface area contributed by atoms with Crippen LogP contribution in [-0.4, -0.2) is 47.7 Å². The van der Waals surface area contributed by atoms with Gasteiger partial charge >= 0.3 is 6.61 Å². The minimum Gasteiger partial charge on any atom is -0.435 e. The Labute approximate surface area is 177 Å². The van der Waals surface area contributed by atoms with E-state index in [9.17, 15) is 14.0 Å². The number of alkyl halides is 2. The van der Waals surface area contributed by atoms with Gasteiger partial charge in [0.25, 0.3) is 0 Å². The van der Waals surface area contributed by atoms with E-state index in [1.54, 1.807) is 18.2 Å². The van der Waals surface area contributed by atoms with E-state index in [-0.39, 0.29) is 5.75 Å². The van der Waals surface area contributed by atoms with Gasteiger partial charge in [0.2, 0.25) is 5.95 Å². The lowest BCUT2D eigenvalue weighted by Crippen LogP contribution is -2.38. The van der Waals surface area contributed by atoms with Crippen LogP contribution in [0.25, 0.3) is 17.3 Å². The van der Waals surface area contributed by atoms with E-state index in [0.29, 0.717) is 49.2 Å². The molecule has 31 heavy (non-hydrogen) atoms. The van der Waals surface area contributed by atoms with Crippen molar-refractivity contribution in [3.8, 4) is 17.5 Å². The Morgan fingerprint density at radius 2 is 1.77 bits per heavy atom. The SMILES string of the molecule is N#C/C(=C\c1ccc(OC(F)F)cc1)c1nnc(N2CCOCC2)n1-c1ccccc1. The zero-order valence-corrected chi connectivity index (χ0v) is 16.5. The van der Waals surface area contributed by atoms with Gasteiger partial charge < -0.3 is 14.4 Å². The summed E-state index contributed by atoms with van der Waals surface area (Å²) in [6, 6.07) is 17.8. The second-order valence-electron chi connectivity index (χ2n) is 6.71. The van der Waals surface area contributed by atoms with Gasteiger partial charge in [0.05, 0.1) is 24.5 Å². The topological polar surface area (TPSA) is 76.2 Å². The highest BCUT2D eigenvalue weighted by Crippen LogP contribution is 2.27. The van der Waals surface area contributed by atoms with Crippen molar-refractivity contribution in [1.29, 1.82) is 5.26 Å². The molecule has 158 valence electrons. The third kappa shape index (κ3) is 4.70. The van der Waals surface area contributed by atoms with Crippen LogP contribution in [0.4, 0.5) is 14.7 Å². The normalized spacial score (nSPS) is 14.5. The third-order valence-electron chi connectivity index (χ3n) is 4.73. The zero-order valence-electron chi connectivity index (χ0n) is 16.5. The number of nitriles is 1. The molecular weight excluding hydrogens is 404 g/mol. The molecule has 0 N–H and O–H groups in total. The van der Waals surface area contributed by atoms with E-state index in [2.05, 4.69) is 25.9 Å². The Morgan fingerprint density at radius 3 is 2.42 bits per heavy atom. The van der Waals surface area contributed by atoms with Crippen molar-refractivity contribution in [1.82, 2.24) is 14.8 Å². The van der Waals surface area contributed by atoms with E-state index in [0.717, 1.165) is 5.69 Å². The van der Waals surface area contributed by atoms with Gasteiger partial charge in [-0.15, -0.1) is 10.2 Å². The average Bonchev–Trinajstić information content (AvgIpc) is 3.24. The zero-order chi connectivity index (χ0) is 21.6. The van der Waals surface area contributed by atoms with E-state index in [4.69, 9.17) is 4.74 Å². The molecular formula is C22H19F2N5O2. The number of anilines is 1. The number of rotatable bonds is 6. The number of halogens is 2. The quantitative estimate of drug-likeness (QED) is 0.562. The Morgan fingerprint density at radius 1 is 1.06 bits per heavy atom. The van der Waals surface area contributed by atoms with Crippen molar-refractivity contribution in [2.75, 3.05) is 31.2 Å². The van der Waals surface area contributed by atoms with Gasteiger partial charge in [-0.1, -0.05) is 30.3 Å². The van der Waals surface area contributed by atoms with Gasteiger partial charge in [-0.25, -0.2) is 0 Å². The van der Waals surface area contributed by atoms with Crippen molar-refractivity contribution in [3.63, 3.8) is 0 Å². The van der Waals surface area contributed by atoms with Crippen LogP contribution in [-0.2, 0) is 4.74 Å². The first kappa shape index (κ1) is 20.5. The molecule has 7 nitrogen and oxygen atoms in total. The number of morpholine rings is 1. The Kier molecular flexibility index (Phi) is 6.19. The van der Waals surface area contributed by atoms with Crippen molar-refractivity contribution in [2.45, 2.75) is 6.61 Å². The number of nitrogens with zero attached hydrogens (tertiary/aromatic N) is 5. The van der Waals surface area contributed by atoms with Gasteiger partial charge in [0.1, 0.15) is 11.8 Å². The van der Waals surface area contributed by atoms with E-state index in [1.807, 2.05) is 34.9 Å². The summed E-state index contributed by atoms with van der Waals surface area (Å²) in [5, 5.41) is 18.5. The number of para-hydroxylation sites is 1. The summed E-state index contributed by atoms with van der Waals surface area (Å²) in [5.41, 5.74) is 1.76. The predicted molar refractivity (Wildman–Crippen MR) is 111 cm³/mol. The molecule has 0 spiro atoms. The van der Waals surface area contributed by atoms with Gasteiger partial charge in [0, 0.05) is 13.1 Å². The molecule has 1 fully saturated rings. The molecule has 1 aliphatic rings. The lowest BCUT2D eigenvalue weighted by atomic mass is 10.1. The minimum atomic E-state index is -2.89. The van der Waals surface area contributed by atoms with Crippen molar-refractivity contribution in [3.05, 3.63) is 66.0 Å². The van der Waals surface area contributed by atoms with Crippen molar-refractivity contribution >= 4 is 17.6 Å². The summed E-state index contributed by atoms with van der Waals surface area (Å²) in [6.45, 7) is -0.376. The predicted octanol–water partition coefficient (Wildman–Crippen LogP) is 3.77. The number of allylic oxidation sites excluding steroid dienone is 1. The minimum absolute atomic E-state index is 0.0488. The number of hydrogen-bond donors (Lipinski definition) is 0. The maximum atomic E-state index is 12.4. The lowest BCUT2D eigenvalue weighted by Gasteiger charge is -2.28. The van der Waals surface area contributed by atoms with Crippen molar-refractivity contribution < 1.29 is 18.3 Å².